The second kappa shape index (κ2) is 11.4. The number of hydrogen-bond donors (Lipinski definition) is 7. The minimum atomic E-state index is -0.596. The van der Waals surface area contributed by atoms with E-state index in [4.69, 9.17) is 28.4 Å². The fourth-order valence-electron chi connectivity index (χ4n) is 4.26. The van der Waals surface area contributed by atoms with Crippen molar-refractivity contribution in [3.63, 3.8) is 0 Å². The van der Waals surface area contributed by atoms with E-state index in [2.05, 4.69) is 10.5 Å². The summed E-state index contributed by atoms with van der Waals surface area (Å²) < 4.78 is 31.3. The third-order valence-electron chi connectivity index (χ3n) is 6.35. The lowest BCUT2D eigenvalue weighted by atomic mass is 10.0. The van der Waals surface area contributed by atoms with Crippen LogP contribution in [0.15, 0.2) is 29.4 Å². The molecule has 15 heteroatoms. The number of rotatable bonds is 9. The Kier molecular flexibility index (Phi) is 7.94. The number of hydrogen-bond acceptors (Lipinski definition) is 15. The molecule has 0 spiro atoms. The van der Waals surface area contributed by atoms with Crippen molar-refractivity contribution in [1.82, 2.24) is 5.43 Å². The third kappa shape index (κ3) is 4.66. The molecule has 224 valence electrons. The van der Waals surface area contributed by atoms with Gasteiger partial charge in [-0.2, -0.15) is 10.2 Å². The zero-order chi connectivity index (χ0) is 30.9. The van der Waals surface area contributed by atoms with Gasteiger partial charge in [0.1, 0.15) is 5.71 Å². The van der Waals surface area contributed by atoms with Crippen LogP contribution in [0.4, 0.5) is 5.69 Å². The summed E-state index contributed by atoms with van der Waals surface area (Å²) in [5.41, 5.74) is 1.43. The van der Waals surface area contributed by atoms with Crippen LogP contribution in [-0.2, 0) is 0 Å². The number of ether oxygens (including phenoxy) is 6. The zero-order valence-corrected chi connectivity index (χ0v) is 23.3. The molecule has 0 fully saturated rings. The molecule has 1 aliphatic rings. The molecule has 0 saturated carbocycles. The van der Waals surface area contributed by atoms with Crippen LogP contribution < -0.4 is 39.0 Å². The van der Waals surface area contributed by atoms with Crippen LogP contribution in [0.25, 0.3) is 5.70 Å². The topological polar surface area (TPSA) is 204 Å². The zero-order valence-electron chi connectivity index (χ0n) is 23.3. The Balaban J connectivity index is 2.11. The van der Waals surface area contributed by atoms with E-state index in [1.807, 2.05) is 0 Å². The van der Waals surface area contributed by atoms with Gasteiger partial charge in [-0.3, -0.25) is 5.43 Å². The first-order chi connectivity index (χ1) is 20.1. The summed E-state index contributed by atoms with van der Waals surface area (Å²) in [5.74, 6) is -3.96. The Morgan fingerprint density at radius 3 is 1.21 bits per heavy atom. The molecule has 0 saturated heterocycles. The first kappa shape index (κ1) is 29.3. The van der Waals surface area contributed by atoms with Crippen molar-refractivity contribution in [2.75, 3.05) is 47.8 Å². The molecule has 7 N–H and O–H groups in total. The van der Waals surface area contributed by atoms with Crippen molar-refractivity contribution in [2.45, 2.75) is 0 Å². The van der Waals surface area contributed by atoms with Gasteiger partial charge in [-0.05, 0) is 6.08 Å². The number of phenolic OH excluding ortho intramolecular Hbond substituents is 6. The number of hydrazone groups is 1. The lowest BCUT2D eigenvalue weighted by Crippen LogP contribution is -2.37. The first-order valence-electron chi connectivity index (χ1n) is 11.9. The number of nitrogens with one attached hydrogen (secondary N) is 1. The van der Waals surface area contributed by atoms with Crippen LogP contribution in [0, 0.1) is 0 Å². The molecule has 3 aromatic rings. The van der Waals surface area contributed by atoms with E-state index >= 15 is 0 Å². The maximum absolute atomic E-state index is 11.0. The van der Waals surface area contributed by atoms with Gasteiger partial charge >= 0.3 is 0 Å². The molecule has 0 radical (unpaired) electrons. The molecular formula is C27H29N3O12. The van der Waals surface area contributed by atoms with E-state index < -0.39 is 40.2 Å². The smallest absolute Gasteiger partial charge is 0.189 e. The van der Waals surface area contributed by atoms with Gasteiger partial charge in [-0.1, -0.05) is 0 Å². The molecule has 3 aromatic carbocycles. The molecule has 15 nitrogen and oxygen atoms in total. The summed E-state index contributed by atoms with van der Waals surface area (Å²) in [6, 6.07) is 3.72. The van der Waals surface area contributed by atoms with Gasteiger partial charge in [0.05, 0.1) is 59.5 Å². The Hall–Kier alpha value is -5.73. The maximum Gasteiger partial charge on any atom is 0.189 e. The number of allylic oxidation sites excluding steroid dienone is 1. The van der Waals surface area contributed by atoms with Crippen LogP contribution in [0.3, 0.4) is 0 Å². The summed E-state index contributed by atoms with van der Waals surface area (Å²) in [6.07, 6.45) is 1.24. The van der Waals surface area contributed by atoms with Crippen LogP contribution in [-0.4, -0.2) is 79.0 Å². The van der Waals surface area contributed by atoms with E-state index in [1.165, 1.54) is 66.9 Å². The van der Waals surface area contributed by atoms with Crippen LogP contribution >= 0.6 is 0 Å². The van der Waals surface area contributed by atoms with Crippen molar-refractivity contribution in [3.05, 3.63) is 35.4 Å². The number of benzene rings is 3. The highest BCUT2D eigenvalue weighted by molar-refractivity contribution is 6.17. The Morgan fingerprint density at radius 1 is 0.524 bits per heavy atom. The monoisotopic (exact) mass is 587 g/mol. The number of methoxy groups -OCH3 is 6. The lowest BCUT2D eigenvalue weighted by Gasteiger charge is -2.30. The fourth-order valence-corrected chi connectivity index (χ4v) is 4.26. The average molecular weight is 588 g/mol. The molecule has 42 heavy (non-hydrogen) atoms. The number of hydrazine groups is 1. The Bertz CT molecular complexity index is 1520. The molecule has 1 heterocycles. The first-order valence-corrected chi connectivity index (χ1v) is 11.9. The van der Waals surface area contributed by atoms with Crippen molar-refractivity contribution >= 4 is 17.1 Å². The predicted octanol–water partition coefficient (Wildman–Crippen LogP) is 2.74. The van der Waals surface area contributed by atoms with E-state index in [0.29, 0.717) is 0 Å². The summed E-state index contributed by atoms with van der Waals surface area (Å²) in [5, 5.41) is 71.4. The lowest BCUT2D eigenvalue weighted by molar-refractivity contribution is 0.344. The second-order valence-electron chi connectivity index (χ2n) is 8.50. The SMILES string of the molecule is COc1cc(OC)c(O)c(C2=CC(c3c(O)c(OC)cc(OC)c3O)=NN(c3c(O)c(OC)cc(OC)c3O)N2)c1O. The number of phenols is 6. The largest absolute Gasteiger partial charge is 0.504 e. The van der Waals surface area contributed by atoms with Gasteiger partial charge in [0.25, 0.3) is 0 Å². The number of nitrogens with zero attached hydrogens (tertiary/aromatic N) is 2. The number of aromatic hydroxyl groups is 6. The van der Waals surface area contributed by atoms with Gasteiger partial charge in [-0.25, -0.2) is 0 Å². The van der Waals surface area contributed by atoms with Crippen molar-refractivity contribution in [3.8, 4) is 69.0 Å². The van der Waals surface area contributed by atoms with Crippen molar-refractivity contribution in [1.29, 1.82) is 0 Å². The van der Waals surface area contributed by atoms with E-state index in [0.717, 1.165) is 5.12 Å². The molecule has 0 aliphatic carbocycles. The quantitative estimate of drug-likeness (QED) is 0.192. The molecule has 0 unspecified atom stereocenters. The van der Waals surface area contributed by atoms with Gasteiger partial charge in [0.2, 0.25) is 0 Å². The standard InChI is InChI=1S/C27H29N3O12/c1-37-13-8-14(38-2)23(32)19(22(13)31)11-7-12(20-24(33)15(39-3)9-16(40-4)25(20)34)29-30(28-11)21-26(35)17(41-5)10-18(42-6)27(21)36/h7-10,28,31-36H,1-6H3. The molecule has 0 amide bonds. The van der Waals surface area contributed by atoms with Crippen molar-refractivity contribution < 1.29 is 59.1 Å². The van der Waals surface area contributed by atoms with Gasteiger partial charge < -0.3 is 59.1 Å². The van der Waals surface area contributed by atoms with E-state index in [9.17, 15) is 30.6 Å². The highest BCUT2D eigenvalue weighted by atomic mass is 16.5. The summed E-state index contributed by atoms with van der Waals surface area (Å²) in [4.78, 5) is 0. The summed E-state index contributed by atoms with van der Waals surface area (Å²) in [6.45, 7) is 0. The maximum atomic E-state index is 11.0. The highest BCUT2D eigenvalue weighted by Gasteiger charge is 2.33. The predicted molar refractivity (Wildman–Crippen MR) is 149 cm³/mol. The number of anilines is 1. The van der Waals surface area contributed by atoms with Crippen molar-refractivity contribution in [2.24, 2.45) is 5.10 Å². The normalized spacial score (nSPS) is 12.6. The Morgan fingerprint density at radius 2 is 0.857 bits per heavy atom. The minimum Gasteiger partial charge on any atom is -0.504 e. The molecule has 4 rings (SSSR count). The van der Waals surface area contributed by atoms with Gasteiger partial charge in [0.15, 0.2) is 74.7 Å². The van der Waals surface area contributed by atoms with Gasteiger partial charge in [0, 0.05) is 18.2 Å². The summed E-state index contributed by atoms with van der Waals surface area (Å²) in [7, 11) is 7.68. The van der Waals surface area contributed by atoms with Crippen LogP contribution in [0.2, 0.25) is 0 Å². The fraction of sp³-hybridized carbons (Fsp3) is 0.222. The second-order valence-corrected chi connectivity index (χ2v) is 8.50. The molecule has 0 aromatic heterocycles. The highest BCUT2D eigenvalue weighted by Crippen LogP contribution is 2.52. The Labute approximate surface area is 239 Å². The summed E-state index contributed by atoms with van der Waals surface area (Å²) >= 11 is 0. The molecule has 0 bridgehead atoms. The average Bonchev–Trinajstić information content (AvgIpc) is 2.98. The van der Waals surface area contributed by atoms with Crippen LogP contribution in [0.5, 0.6) is 69.0 Å². The van der Waals surface area contributed by atoms with E-state index in [1.54, 1.807) is 0 Å². The molecule has 1 aliphatic heterocycles. The molecule has 0 atom stereocenters. The van der Waals surface area contributed by atoms with Gasteiger partial charge in [-0.15, -0.1) is 0 Å². The van der Waals surface area contributed by atoms with Crippen LogP contribution in [0.1, 0.15) is 11.1 Å². The van der Waals surface area contributed by atoms with E-state index in [-0.39, 0.29) is 57.0 Å². The minimum absolute atomic E-state index is 0.0829. The molecular weight excluding hydrogens is 558 g/mol. The third-order valence-corrected chi connectivity index (χ3v) is 6.35.